The van der Waals surface area contributed by atoms with Crippen LogP contribution in [-0.4, -0.2) is 31.3 Å². The van der Waals surface area contributed by atoms with Crippen molar-refractivity contribution in [2.45, 2.75) is 51.0 Å². The molecule has 0 radical (unpaired) electrons. The molecule has 2 aromatic carbocycles. The second-order valence-electron chi connectivity index (χ2n) is 7.90. The summed E-state index contributed by atoms with van der Waals surface area (Å²) >= 11 is 17.7. The zero-order chi connectivity index (χ0) is 24.3. The number of unbranched alkanes of at least 4 members (excludes halogenated alkanes) is 5. The molecule has 180 valence electrons. The van der Waals surface area contributed by atoms with Crippen LogP contribution >= 0.6 is 33.2 Å². The third-order valence-corrected chi connectivity index (χ3v) is 8.02. The number of methoxy groups -OCH3 is 2. The molecule has 0 saturated carbocycles. The Morgan fingerprint density at radius 3 is 2.00 bits per heavy atom. The molecule has 33 heavy (non-hydrogen) atoms. The van der Waals surface area contributed by atoms with Gasteiger partial charge in [-0.15, -0.1) is 33.2 Å². The van der Waals surface area contributed by atoms with Crippen molar-refractivity contribution in [1.82, 2.24) is 0 Å². The molecule has 0 aliphatic heterocycles. The van der Waals surface area contributed by atoms with Crippen molar-refractivity contribution in [3.8, 4) is 22.6 Å². The second kappa shape index (κ2) is 13.9. The Balaban J connectivity index is 1.89. The van der Waals surface area contributed by atoms with Crippen LogP contribution in [0.25, 0.3) is 17.2 Å². The molecule has 0 heterocycles. The van der Waals surface area contributed by atoms with Crippen molar-refractivity contribution in [2.75, 3.05) is 14.2 Å². The van der Waals surface area contributed by atoms with Crippen molar-refractivity contribution < 1.29 is 19.4 Å². The number of halogens is 3. The third kappa shape index (κ3) is 10.0. The summed E-state index contributed by atoms with van der Waals surface area (Å²) in [6.45, 7) is 0. The first-order chi connectivity index (χ1) is 15.7. The lowest BCUT2D eigenvalue weighted by Gasteiger charge is -2.10. The summed E-state index contributed by atoms with van der Waals surface area (Å²) in [6, 6.07) is 11.8. The van der Waals surface area contributed by atoms with Crippen LogP contribution in [0.15, 0.2) is 48.0 Å². The van der Waals surface area contributed by atoms with E-state index in [-0.39, 0.29) is 0 Å². The van der Waals surface area contributed by atoms with Gasteiger partial charge < -0.3 is 14.6 Å². The smallest absolute Gasteiger partial charge is 0.341 e. The first kappa shape index (κ1) is 27.6. The molecule has 0 bridgehead atoms. The number of hydrogen-bond acceptors (Lipinski definition) is 3. The highest BCUT2D eigenvalue weighted by molar-refractivity contribution is 7.64. The minimum Gasteiger partial charge on any atom is -0.493 e. The molecule has 1 N–H and O–H groups in total. The summed E-state index contributed by atoms with van der Waals surface area (Å²) in [4.78, 5) is 11.7. The van der Waals surface area contributed by atoms with Crippen LogP contribution in [-0.2, 0) is 4.79 Å². The van der Waals surface area contributed by atoms with Gasteiger partial charge in [0.05, 0.1) is 14.2 Å². The van der Waals surface area contributed by atoms with E-state index in [0.717, 1.165) is 55.2 Å². The van der Waals surface area contributed by atoms with Gasteiger partial charge in [0, 0.05) is 5.57 Å². The molecule has 2 aromatic rings. The van der Waals surface area contributed by atoms with Gasteiger partial charge >= 0.3 is 12.0 Å². The SMILES string of the molecule is COc1ccc(-c2ccc(/C=C(\CCCCCCCC[Si](Cl)(Cl)Cl)C(=O)O)cc2)cc1OC. The fourth-order valence-corrected chi connectivity index (χ4v) is 5.43. The molecule has 0 aliphatic rings. The molecule has 0 amide bonds. The zero-order valence-electron chi connectivity index (χ0n) is 19.1. The Labute approximate surface area is 211 Å². The fraction of sp³-hybridized carbons (Fsp3) is 0.400. The van der Waals surface area contributed by atoms with Gasteiger partial charge in [-0.05, 0) is 53.8 Å². The van der Waals surface area contributed by atoms with E-state index in [4.69, 9.17) is 42.7 Å². The van der Waals surface area contributed by atoms with Gasteiger partial charge in [-0.2, -0.15) is 0 Å². The average molecular weight is 530 g/mol. The number of carboxylic acid groups (broad SMARTS) is 1. The Bertz CT molecular complexity index is 924. The number of hydrogen-bond donors (Lipinski definition) is 1. The van der Waals surface area contributed by atoms with E-state index >= 15 is 0 Å². The van der Waals surface area contributed by atoms with E-state index in [2.05, 4.69) is 0 Å². The number of ether oxygens (including phenoxy) is 2. The lowest BCUT2D eigenvalue weighted by Crippen LogP contribution is -2.07. The molecule has 4 nitrogen and oxygen atoms in total. The topological polar surface area (TPSA) is 55.8 Å². The van der Waals surface area contributed by atoms with Crippen LogP contribution < -0.4 is 9.47 Å². The van der Waals surface area contributed by atoms with Gasteiger partial charge in [-0.1, -0.05) is 62.4 Å². The van der Waals surface area contributed by atoms with Crippen LogP contribution in [0.4, 0.5) is 0 Å². The number of carbonyl (C=O) groups is 1. The van der Waals surface area contributed by atoms with Gasteiger partial charge in [-0.3, -0.25) is 0 Å². The summed E-state index contributed by atoms with van der Waals surface area (Å²) < 4.78 is 10.7. The highest BCUT2D eigenvalue weighted by Gasteiger charge is 2.23. The van der Waals surface area contributed by atoms with Gasteiger partial charge in [0.1, 0.15) is 0 Å². The van der Waals surface area contributed by atoms with Crippen LogP contribution in [0.3, 0.4) is 0 Å². The maximum absolute atomic E-state index is 11.7. The van der Waals surface area contributed by atoms with Crippen LogP contribution in [0.2, 0.25) is 6.04 Å². The Kier molecular flexibility index (Phi) is 11.6. The van der Waals surface area contributed by atoms with E-state index in [1.807, 2.05) is 42.5 Å². The minimum absolute atomic E-state index is 0.427. The number of benzene rings is 2. The molecule has 0 saturated heterocycles. The van der Waals surface area contributed by atoms with Crippen molar-refractivity contribution in [3.63, 3.8) is 0 Å². The van der Waals surface area contributed by atoms with Crippen LogP contribution in [0, 0.1) is 0 Å². The molecule has 0 aliphatic carbocycles. The molecule has 0 fully saturated rings. The average Bonchev–Trinajstić information content (AvgIpc) is 2.79. The van der Waals surface area contributed by atoms with E-state index in [1.165, 1.54) is 0 Å². The molecule has 0 spiro atoms. The lowest BCUT2D eigenvalue weighted by atomic mass is 10.0. The maximum Gasteiger partial charge on any atom is 0.341 e. The predicted octanol–water partition coefficient (Wildman–Crippen LogP) is 8.22. The molecule has 2 rings (SSSR count). The van der Waals surface area contributed by atoms with E-state index in [9.17, 15) is 9.90 Å². The molecule has 0 atom stereocenters. The van der Waals surface area contributed by atoms with Crippen molar-refractivity contribution >= 4 is 51.3 Å². The fourth-order valence-electron chi connectivity index (χ4n) is 3.58. The molecular formula is C25H31Cl3O4Si. The summed E-state index contributed by atoms with van der Waals surface area (Å²) in [6.07, 6.45) is 8.29. The van der Waals surface area contributed by atoms with E-state index in [0.29, 0.717) is 29.5 Å². The summed E-state index contributed by atoms with van der Waals surface area (Å²) in [5.41, 5.74) is 3.31. The molecule has 0 aromatic heterocycles. The van der Waals surface area contributed by atoms with E-state index < -0.39 is 12.0 Å². The Hall–Kier alpha value is -1.66. The monoisotopic (exact) mass is 528 g/mol. The Morgan fingerprint density at radius 1 is 0.848 bits per heavy atom. The van der Waals surface area contributed by atoms with Crippen molar-refractivity contribution in [1.29, 1.82) is 0 Å². The van der Waals surface area contributed by atoms with Crippen LogP contribution in [0.1, 0.15) is 50.5 Å². The Morgan fingerprint density at radius 2 is 1.42 bits per heavy atom. The minimum atomic E-state index is -2.50. The maximum atomic E-state index is 11.7. The van der Waals surface area contributed by atoms with Gasteiger partial charge in [0.2, 0.25) is 0 Å². The molecule has 0 unspecified atom stereocenters. The van der Waals surface area contributed by atoms with Crippen molar-refractivity contribution in [3.05, 3.63) is 53.6 Å². The first-order valence-electron chi connectivity index (χ1n) is 11.1. The summed E-state index contributed by atoms with van der Waals surface area (Å²) in [5, 5.41) is 9.60. The predicted molar refractivity (Wildman–Crippen MR) is 141 cm³/mol. The number of rotatable bonds is 14. The molecule has 8 heteroatoms. The number of aliphatic carboxylic acids is 1. The third-order valence-electron chi connectivity index (χ3n) is 5.40. The highest BCUT2D eigenvalue weighted by Crippen LogP contribution is 2.32. The second-order valence-corrected chi connectivity index (χ2v) is 17.2. The summed E-state index contributed by atoms with van der Waals surface area (Å²) in [7, 11) is 3.21. The normalized spacial score (nSPS) is 12.0. The standard InChI is InChI=1S/C25H31Cl3O4Si/c1-31-23-15-14-21(18-24(23)32-2)20-12-10-19(11-13-20)17-22(25(29)30)9-7-5-3-4-6-8-16-33(26,27)28/h10-15,17-18H,3-9,16H2,1-2H3,(H,29,30)/b22-17+. The first-order valence-corrected chi connectivity index (χ1v) is 16.3. The largest absolute Gasteiger partial charge is 0.493 e. The summed E-state index contributed by atoms with van der Waals surface area (Å²) in [5.74, 6) is 0.474. The van der Waals surface area contributed by atoms with Gasteiger partial charge in [-0.25, -0.2) is 4.79 Å². The lowest BCUT2D eigenvalue weighted by molar-refractivity contribution is -0.132. The van der Waals surface area contributed by atoms with Gasteiger partial charge in [0.15, 0.2) is 11.5 Å². The highest BCUT2D eigenvalue weighted by atomic mass is 35.8. The van der Waals surface area contributed by atoms with Crippen LogP contribution in [0.5, 0.6) is 11.5 Å². The number of carboxylic acids is 1. The quantitative estimate of drug-likeness (QED) is 0.116. The molecular weight excluding hydrogens is 499 g/mol. The zero-order valence-corrected chi connectivity index (χ0v) is 22.3. The van der Waals surface area contributed by atoms with Gasteiger partial charge in [0.25, 0.3) is 0 Å². The van der Waals surface area contributed by atoms with Crippen molar-refractivity contribution in [2.24, 2.45) is 0 Å². The van der Waals surface area contributed by atoms with E-state index in [1.54, 1.807) is 20.3 Å².